The number of likely N-dealkylation sites (N-methyl/N-ethyl adjacent to an activating group) is 1. The smallest absolute Gasteiger partial charge is 0.231 e. The minimum Gasteiger partial charge on any atom is -0.454 e. The molecule has 0 aromatic heterocycles. The number of benzene rings is 1. The predicted octanol–water partition coefficient (Wildman–Crippen LogP) is 2.62. The van der Waals surface area contributed by atoms with Crippen molar-refractivity contribution in [2.45, 2.75) is 39.2 Å². The van der Waals surface area contributed by atoms with Gasteiger partial charge in [0.05, 0.1) is 0 Å². The second kappa shape index (κ2) is 7.21. The first-order chi connectivity index (χ1) is 11.2. The molecule has 2 aliphatic rings. The van der Waals surface area contributed by atoms with E-state index in [9.17, 15) is 4.79 Å². The lowest BCUT2D eigenvalue weighted by Gasteiger charge is -2.33. The number of fused-ring (bicyclic) bond motifs is 1. The number of hydrogen-bond acceptors (Lipinski definition) is 4. The molecule has 1 atom stereocenters. The van der Waals surface area contributed by atoms with Crippen LogP contribution in [0.4, 0.5) is 0 Å². The fraction of sp³-hybridized carbons (Fsp3) is 0.611. The minimum atomic E-state index is 0.114. The van der Waals surface area contributed by atoms with Crippen molar-refractivity contribution in [2.24, 2.45) is 5.92 Å². The molecule has 0 aliphatic carbocycles. The van der Waals surface area contributed by atoms with Gasteiger partial charge < -0.3 is 19.1 Å². The van der Waals surface area contributed by atoms with Crippen LogP contribution >= 0.6 is 0 Å². The molecule has 0 unspecified atom stereocenters. The highest BCUT2D eigenvalue weighted by molar-refractivity contribution is 5.79. The van der Waals surface area contributed by atoms with Gasteiger partial charge in [-0.05, 0) is 50.8 Å². The molecule has 5 heteroatoms. The predicted molar refractivity (Wildman–Crippen MR) is 86.7 cm³/mol. The van der Waals surface area contributed by atoms with Crippen molar-refractivity contribution in [1.82, 2.24) is 4.90 Å². The minimum absolute atomic E-state index is 0.114. The van der Waals surface area contributed by atoms with Crippen molar-refractivity contribution in [1.29, 1.82) is 0 Å². The average Bonchev–Trinajstić information content (AvgIpc) is 3.04. The molecule has 0 N–H and O–H groups in total. The molecule has 126 valence electrons. The zero-order valence-electron chi connectivity index (χ0n) is 13.9. The van der Waals surface area contributed by atoms with E-state index < -0.39 is 0 Å². The summed E-state index contributed by atoms with van der Waals surface area (Å²) in [6.07, 6.45) is 2.50. The second-order valence-electron chi connectivity index (χ2n) is 6.25. The first-order valence-corrected chi connectivity index (χ1v) is 8.45. The van der Waals surface area contributed by atoms with E-state index in [1.54, 1.807) is 0 Å². The quantitative estimate of drug-likeness (QED) is 0.837. The van der Waals surface area contributed by atoms with Gasteiger partial charge in [-0.15, -0.1) is 0 Å². The third-order valence-corrected chi connectivity index (χ3v) is 4.69. The highest BCUT2D eigenvalue weighted by Gasteiger charge is 2.28. The fourth-order valence-corrected chi connectivity index (χ4v) is 3.38. The summed E-state index contributed by atoms with van der Waals surface area (Å²) in [5.41, 5.74) is 1.17. The summed E-state index contributed by atoms with van der Waals surface area (Å²) in [7, 11) is 0. The maximum atomic E-state index is 12.8. The SMILES string of the molecule is CCN(C(=O)C1CCOCC1)[C@@H](C)Cc1ccc2c(c1)OCO2. The Labute approximate surface area is 137 Å². The molecular weight excluding hydrogens is 294 g/mol. The van der Waals surface area contributed by atoms with Crippen LogP contribution in [0.5, 0.6) is 11.5 Å². The van der Waals surface area contributed by atoms with E-state index in [-0.39, 0.29) is 24.7 Å². The van der Waals surface area contributed by atoms with Gasteiger partial charge in [-0.2, -0.15) is 0 Å². The van der Waals surface area contributed by atoms with Crippen molar-refractivity contribution in [2.75, 3.05) is 26.6 Å². The van der Waals surface area contributed by atoms with E-state index in [1.807, 2.05) is 24.0 Å². The molecule has 0 saturated carbocycles. The lowest BCUT2D eigenvalue weighted by atomic mass is 9.96. The number of rotatable bonds is 5. The Balaban J connectivity index is 1.65. The Kier molecular flexibility index (Phi) is 5.06. The van der Waals surface area contributed by atoms with Crippen molar-refractivity contribution >= 4 is 5.91 Å². The first-order valence-electron chi connectivity index (χ1n) is 8.45. The Hall–Kier alpha value is -1.75. The molecule has 0 bridgehead atoms. The molecule has 3 rings (SSSR count). The van der Waals surface area contributed by atoms with Crippen LogP contribution in [0.3, 0.4) is 0 Å². The Morgan fingerprint density at radius 2 is 2.00 bits per heavy atom. The number of amides is 1. The Morgan fingerprint density at radius 3 is 2.74 bits per heavy atom. The van der Waals surface area contributed by atoms with Crippen LogP contribution in [0, 0.1) is 5.92 Å². The van der Waals surface area contributed by atoms with Gasteiger partial charge in [0, 0.05) is 31.7 Å². The van der Waals surface area contributed by atoms with Crippen LogP contribution < -0.4 is 9.47 Å². The summed E-state index contributed by atoms with van der Waals surface area (Å²) in [6, 6.07) is 6.18. The molecule has 2 aliphatic heterocycles. The molecule has 2 heterocycles. The molecule has 5 nitrogen and oxygen atoms in total. The zero-order valence-corrected chi connectivity index (χ0v) is 13.9. The number of ether oxygens (including phenoxy) is 3. The third kappa shape index (κ3) is 3.61. The molecule has 1 amide bonds. The van der Waals surface area contributed by atoms with Crippen molar-refractivity contribution in [3.8, 4) is 11.5 Å². The van der Waals surface area contributed by atoms with Gasteiger partial charge in [-0.25, -0.2) is 0 Å². The van der Waals surface area contributed by atoms with Gasteiger partial charge in [0.2, 0.25) is 12.7 Å². The highest BCUT2D eigenvalue weighted by atomic mass is 16.7. The highest BCUT2D eigenvalue weighted by Crippen LogP contribution is 2.33. The third-order valence-electron chi connectivity index (χ3n) is 4.69. The standard InChI is InChI=1S/C18H25NO4/c1-3-19(18(20)15-6-8-21-9-7-15)13(2)10-14-4-5-16-17(11-14)23-12-22-16/h4-5,11,13,15H,3,6-10,12H2,1-2H3/t13-/m0/s1. The van der Waals surface area contributed by atoms with Crippen LogP contribution in [-0.2, 0) is 16.0 Å². The normalized spacial score (nSPS) is 18.7. The lowest BCUT2D eigenvalue weighted by molar-refractivity contribution is -0.140. The summed E-state index contributed by atoms with van der Waals surface area (Å²) < 4.78 is 16.1. The number of nitrogens with zero attached hydrogens (tertiary/aromatic N) is 1. The Morgan fingerprint density at radius 1 is 1.26 bits per heavy atom. The average molecular weight is 319 g/mol. The summed E-state index contributed by atoms with van der Waals surface area (Å²) in [5, 5.41) is 0. The maximum absolute atomic E-state index is 12.8. The van der Waals surface area contributed by atoms with Gasteiger partial charge in [0.1, 0.15) is 0 Å². The van der Waals surface area contributed by atoms with Crippen LogP contribution in [0.15, 0.2) is 18.2 Å². The largest absolute Gasteiger partial charge is 0.454 e. The molecule has 0 spiro atoms. The van der Waals surface area contributed by atoms with E-state index in [0.717, 1.165) is 37.3 Å². The van der Waals surface area contributed by atoms with Crippen LogP contribution in [0.2, 0.25) is 0 Å². The second-order valence-corrected chi connectivity index (χ2v) is 6.25. The van der Waals surface area contributed by atoms with E-state index in [4.69, 9.17) is 14.2 Å². The van der Waals surface area contributed by atoms with E-state index in [0.29, 0.717) is 13.2 Å². The topological polar surface area (TPSA) is 48.0 Å². The van der Waals surface area contributed by atoms with Crippen LogP contribution in [0.25, 0.3) is 0 Å². The molecule has 0 radical (unpaired) electrons. The monoisotopic (exact) mass is 319 g/mol. The molecular formula is C18H25NO4. The molecule has 1 aromatic carbocycles. The van der Waals surface area contributed by atoms with Gasteiger partial charge in [-0.3, -0.25) is 4.79 Å². The van der Waals surface area contributed by atoms with Crippen molar-refractivity contribution < 1.29 is 19.0 Å². The van der Waals surface area contributed by atoms with E-state index in [1.165, 1.54) is 5.56 Å². The maximum Gasteiger partial charge on any atom is 0.231 e. The summed E-state index contributed by atoms with van der Waals surface area (Å²) >= 11 is 0. The summed E-state index contributed by atoms with van der Waals surface area (Å²) in [5.74, 6) is 1.98. The molecule has 1 fully saturated rings. The molecule has 23 heavy (non-hydrogen) atoms. The van der Waals surface area contributed by atoms with Gasteiger partial charge >= 0.3 is 0 Å². The van der Waals surface area contributed by atoms with Crippen molar-refractivity contribution in [3.05, 3.63) is 23.8 Å². The summed E-state index contributed by atoms with van der Waals surface area (Å²) in [4.78, 5) is 14.8. The lowest BCUT2D eigenvalue weighted by Crippen LogP contribution is -2.44. The molecule has 1 saturated heterocycles. The fourth-order valence-electron chi connectivity index (χ4n) is 3.38. The number of carbonyl (C=O) groups is 1. The number of hydrogen-bond donors (Lipinski definition) is 0. The number of carbonyl (C=O) groups excluding carboxylic acids is 1. The van der Waals surface area contributed by atoms with Gasteiger partial charge in [0.15, 0.2) is 11.5 Å². The van der Waals surface area contributed by atoms with E-state index in [2.05, 4.69) is 13.0 Å². The zero-order chi connectivity index (χ0) is 16.2. The molecule has 1 aromatic rings. The van der Waals surface area contributed by atoms with E-state index >= 15 is 0 Å². The summed E-state index contributed by atoms with van der Waals surface area (Å²) in [6.45, 7) is 6.59. The van der Waals surface area contributed by atoms with Crippen molar-refractivity contribution in [3.63, 3.8) is 0 Å². The van der Waals surface area contributed by atoms with Crippen LogP contribution in [-0.4, -0.2) is 43.4 Å². The van der Waals surface area contributed by atoms with Crippen LogP contribution in [0.1, 0.15) is 32.3 Å². The van der Waals surface area contributed by atoms with Gasteiger partial charge in [-0.1, -0.05) is 6.07 Å². The first kappa shape index (κ1) is 16.1. The van der Waals surface area contributed by atoms with Gasteiger partial charge in [0.25, 0.3) is 0 Å². The Bertz CT molecular complexity index is 554.